The molecule has 0 spiro atoms. The molecule has 0 aromatic carbocycles. The molecule has 15 heavy (non-hydrogen) atoms. The van der Waals surface area contributed by atoms with Crippen molar-refractivity contribution >= 4 is 11.9 Å². The van der Waals surface area contributed by atoms with Gasteiger partial charge in [0.05, 0.1) is 0 Å². The molecule has 1 rings (SSSR count). The number of anilines is 1. The highest BCUT2D eigenvalue weighted by molar-refractivity contribution is 5.85. The van der Waals surface area contributed by atoms with E-state index in [2.05, 4.69) is 29.1 Å². The van der Waals surface area contributed by atoms with Crippen LogP contribution in [-0.2, 0) is 6.42 Å². The third kappa shape index (κ3) is 3.19. The van der Waals surface area contributed by atoms with Gasteiger partial charge in [0.25, 0.3) is 0 Å². The van der Waals surface area contributed by atoms with Gasteiger partial charge in [0.1, 0.15) is 0 Å². The number of nitrogens with one attached hydrogen (secondary N) is 1. The number of hydrogen-bond donors (Lipinski definition) is 2. The minimum absolute atomic E-state index is 0.0324. The summed E-state index contributed by atoms with van der Waals surface area (Å²) in [4.78, 5) is 18.8. The topological polar surface area (TPSA) is 75.1 Å². The van der Waals surface area contributed by atoms with Crippen molar-refractivity contribution in [3.05, 3.63) is 17.5 Å². The van der Waals surface area contributed by atoms with Crippen LogP contribution in [0, 0.1) is 5.92 Å². The number of carboxylic acids is 1. The van der Waals surface area contributed by atoms with Gasteiger partial charge in [0.2, 0.25) is 5.95 Å². The first-order chi connectivity index (χ1) is 7.02. The van der Waals surface area contributed by atoms with Crippen LogP contribution in [0.1, 0.15) is 30.0 Å². The smallest absolute Gasteiger partial charge is 0.354 e. The van der Waals surface area contributed by atoms with Crippen molar-refractivity contribution in [1.82, 2.24) is 9.97 Å². The molecule has 5 nitrogen and oxygen atoms in total. The Kier molecular flexibility index (Phi) is 3.60. The molecule has 0 radical (unpaired) electrons. The second-order valence-corrected chi connectivity index (χ2v) is 3.72. The highest BCUT2D eigenvalue weighted by Gasteiger charge is 2.10. The van der Waals surface area contributed by atoms with Gasteiger partial charge in [-0.3, -0.25) is 0 Å². The molecule has 2 N–H and O–H groups in total. The fourth-order valence-corrected chi connectivity index (χ4v) is 1.24. The molecule has 0 saturated heterocycles. The summed E-state index contributed by atoms with van der Waals surface area (Å²) in [5.41, 5.74) is 0.784. The zero-order valence-corrected chi connectivity index (χ0v) is 9.11. The van der Waals surface area contributed by atoms with E-state index < -0.39 is 5.97 Å². The normalized spacial score (nSPS) is 10.4. The summed E-state index contributed by atoms with van der Waals surface area (Å²) in [5.74, 6) is -0.240. The molecular formula is C10H15N3O2. The number of nitrogens with zero attached hydrogens (tertiary/aromatic N) is 2. The molecule has 82 valence electrons. The van der Waals surface area contributed by atoms with Crippen LogP contribution in [0.4, 0.5) is 5.95 Å². The van der Waals surface area contributed by atoms with Gasteiger partial charge in [0.15, 0.2) is 5.69 Å². The Hall–Kier alpha value is -1.65. The van der Waals surface area contributed by atoms with E-state index in [1.54, 1.807) is 7.05 Å². The number of aromatic carboxylic acids is 1. The van der Waals surface area contributed by atoms with Crippen molar-refractivity contribution in [2.24, 2.45) is 5.92 Å². The molecule has 0 fully saturated rings. The molecule has 5 heteroatoms. The Morgan fingerprint density at radius 1 is 1.53 bits per heavy atom. The van der Waals surface area contributed by atoms with E-state index in [0.717, 1.165) is 12.1 Å². The fourth-order valence-electron chi connectivity index (χ4n) is 1.24. The number of hydrogen-bond acceptors (Lipinski definition) is 4. The molecule has 0 bridgehead atoms. The zero-order chi connectivity index (χ0) is 11.4. The number of carboxylic acid groups (broad SMARTS) is 1. The van der Waals surface area contributed by atoms with Crippen LogP contribution in [0.2, 0.25) is 0 Å². The van der Waals surface area contributed by atoms with Crippen molar-refractivity contribution in [2.75, 3.05) is 12.4 Å². The number of carbonyl (C=O) groups is 1. The lowest BCUT2D eigenvalue weighted by molar-refractivity contribution is 0.0690. The van der Waals surface area contributed by atoms with Crippen molar-refractivity contribution in [3.8, 4) is 0 Å². The second-order valence-electron chi connectivity index (χ2n) is 3.72. The van der Waals surface area contributed by atoms with E-state index >= 15 is 0 Å². The molecule has 0 saturated carbocycles. The zero-order valence-electron chi connectivity index (χ0n) is 9.11. The lowest BCUT2D eigenvalue weighted by Crippen LogP contribution is -2.09. The Labute approximate surface area is 88.6 Å². The highest BCUT2D eigenvalue weighted by atomic mass is 16.4. The SMILES string of the molecule is CNc1nc(CC(C)C)cc(C(=O)O)n1. The predicted octanol–water partition coefficient (Wildman–Crippen LogP) is 1.42. The second kappa shape index (κ2) is 4.72. The first-order valence-corrected chi connectivity index (χ1v) is 4.82. The Morgan fingerprint density at radius 2 is 2.20 bits per heavy atom. The molecule has 1 aromatic rings. The average Bonchev–Trinajstić information content (AvgIpc) is 2.16. The monoisotopic (exact) mass is 209 g/mol. The Bertz CT molecular complexity index is 364. The minimum atomic E-state index is -1.03. The van der Waals surface area contributed by atoms with Gasteiger partial charge in [-0.2, -0.15) is 0 Å². The van der Waals surface area contributed by atoms with Crippen molar-refractivity contribution < 1.29 is 9.90 Å². The maximum Gasteiger partial charge on any atom is 0.354 e. The Balaban J connectivity index is 3.05. The van der Waals surface area contributed by atoms with Gasteiger partial charge in [-0.1, -0.05) is 13.8 Å². The molecule has 1 heterocycles. The summed E-state index contributed by atoms with van der Waals surface area (Å²) < 4.78 is 0. The molecule has 0 aliphatic carbocycles. The fraction of sp³-hybridized carbons (Fsp3) is 0.500. The van der Waals surface area contributed by atoms with E-state index in [1.165, 1.54) is 6.07 Å². The van der Waals surface area contributed by atoms with Crippen LogP contribution < -0.4 is 5.32 Å². The molecule has 0 unspecified atom stereocenters. The third-order valence-corrected chi connectivity index (χ3v) is 1.84. The third-order valence-electron chi connectivity index (χ3n) is 1.84. The maximum atomic E-state index is 10.8. The maximum absolute atomic E-state index is 10.8. The van der Waals surface area contributed by atoms with Crippen molar-refractivity contribution in [2.45, 2.75) is 20.3 Å². The van der Waals surface area contributed by atoms with Crippen molar-refractivity contribution in [1.29, 1.82) is 0 Å². The van der Waals surface area contributed by atoms with E-state index in [9.17, 15) is 4.79 Å². The molecule has 0 aliphatic rings. The minimum Gasteiger partial charge on any atom is -0.477 e. The highest BCUT2D eigenvalue weighted by Crippen LogP contribution is 2.10. The standard InChI is InChI=1S/C10H15N3O2/c1-6(2)4-7-5-8(9(14)15)13-10(11-3)12-7/h5-6H,4H2,1-3H3,(H,14,15)(H,11,12,13). The van der Waals surface area contributed by atoms with Gasteiger partial charge < -0.3 is 10.4 Å². The van der Waals surface area contributed by atoms with E-state index in [4.69, 9.17) is 5.11 Å². The Morgan fingerprint density at radius 3 is 2.67 bits per heavy atom. The predicted molar refractivity (Wildman–Crippen MR) is 57.1 cm³/mol. The summed E-state index contributed by atoms with van der Waals surface area (Å²) in [6, 6.07) is 1.52. The lowest BCUT2D eigenvalue weighted by atomic mass is 10.1. The first-order valence-electron chi connectivity index (χ1n) is 4.82. The summed E-state index contributed by atoms with van der Waals surface area (Å²) in [6.07, 6.45) is 0.748. The van der Waals surface area contributed by atoms with Gasteiger partial charge in [-0.25, -0.2) is 14.8 Å². The van der Waals surface area contributed by atoms with Crippen LogP contribution in [0.5, 0.6) is 0 Å². The van der Waals surface area contributed by atoms with E-state index in [1.807, 2.05) is 0 Å². The van der Waals surface area contributed by atoms with Gasteiger partial charge in [0, 0.05) is 12.7 Å². The van der Waals surface area contributed by atoms with Crippen molar-refractivity contribution in [3.63, 3.8) is 0 Å². The molecule has 0 atom stereocenters. The molecular weight excluding hydrogens is 194 g/mol. The van der Waals surface area contributed by atoms with E-state index in [0.29, 0.717) is 11.9 Å². The largest absolute Gasteiger partial charge is 0.477 e. The van der Waals surface area contributed by atoms with Gasteiger partial charge in [-0.15, -0.1) is 0 Å². The summed E-state index contributed by atoms with van der Waals surface area (Å²) >= 11 is 0. The molecule has 0 amide bonds. The average molecular weight is 209 g/mol. The summed E-state index contributed by atoms with van der Waals surface area (Å²) in [6.45, 7) is 4.11. The number of rotatable bonds is 4. The van der Waals surface area contributed by atoms with Crippen LogP contribution in [0.15, 0.2) is 6.07 Å². The number of aromatic nitrogens is 2. The van der Waals surface area contributed by atoms with Gasteiger partial charge in [-0.05, 0) is 18.4 Å². The van der Waals surface area contributed by atoms with Gasteiger partial charge >= 0.3 is 5.97 Å². The quantitative estimate of drug-likeness (QED) is 0.784. The summed E-state index contributed by atoms with van der Waals surface area (Å²) in [5, 5.41) is 11.6. The molecule has 0 aliphatic heterocycles. The van der Waals surface area contributed by atoms with Crippen LogP contribution in [0.3, 0.4) is 0 Å². The summed E-state index contributed by atoms with van der Waals surface area (Å²) in [7, 11) is 1.67. The van der Waals surface area contributed by atoms with Crippen LogP contribution in [-0.4, -0.2) is 28.1 Å². The first kappa shape index (κ1) is 11.4. The lowest BCUT2D eigenvalue weighted by Gasteiger charge is -2.07. The van der Waals surface area contributed by atoms with Crippen LogP contribution >= 0.6 is 0 Å². The van der Waals surface area contributed by atoms with E-state index in [-0.39, 0.29) is 5.69 Å². The molecule has 1 aromatic heterocycles. The van der Waals surface area contributed by atoms with Crippen LogP contribution in [0.25, 0.3) is 0 Å².